The second kappa shape index (κ2) is 6.65. The van der Waals surface area contributed by atoms with E-state index in [0.717, 1.165) is 11.1 Å². The summed E-state index contributed by atoms with van der Waals surface area (Å²) in [7, 11) is 0. The predicted octanol–water partition coefficient (Wildman–Crippen LogP) is 4.55. The van der Waals surface area contributed by atoms with Crippen molar-refractivity contribution in [2.75, 3.05) is 0 Å². The van der Waals surface area contributed by atoms with Gasteiger partial charge in [0.05, 0.1) is 5.41 Å². The van der Waals surface area contributed by atoms with E-state index in [4.69, 9.17) is 0 Å². The minimum atomic E-state index is -1.07. The van der Waals surface area contributed by atoms with Crippen LogP contribution in [-0.4, -0.2) is 11.7 Å². The van der Waals surface area contributed by atoms with Crippen LogP contribution in [0.15, 0.2) is 53.7 Å². The summed E-state index contributed by atoms with van der Waals surface area (Å²) in [6.07, 6.45) is -0.0402. The maximum atomic E-state index is 12.3. The number of aryl methyl sites for hydroxylation is 1. The standard InChI is InChI=1S/C19H19NO3/c1-13-4-6-14(7-5-13)15-8-10-16(11-9-15)17(21)12-19(2,3)18(22)20-23/h4-11H,12H2,1-3H3. The second-order valence-electron chi connectivity index (χ2n) is 6.32. The number of carbonyl (C=O) groups is 2. The number of nitroso groups, excluding NO2 is 1. The maximum Gasteiger partial charge on any atom is 0.292 e. The van der Waals surface area contributed by atoms with E-state index in [9.17, 15) is 14.5 Å². The van der Waals surface area contributed by atoms with Crippen molar-refractivity contribution < 1.29 is 9.59 Å². The SMILES string of the molecule is Cc1ccc(-c2ccc(C(=O)CC(C)(C)C(=O)N=O)cc2)cc1. The molecule has 0 fully saturated rings. The smallest absolute Gasteiger partial charge is 0.292 e. The lowest BCUT2D eigenvalue weighted by molar-refractivity contribution is -0.125. The number of amides is 1. The quantitative estimate of drug-likeness (QED) is 0.601. The van der Waals surface area contributed by atoms with Crippen LogP contribution in [0.1, 0.15) is 36.2 Å². The number of ketones is 1. The molecule has 0 unspecified atom stereocenters. The number of hydrogen-bond donors (Lipinski definition) is 0. The minimum Gasteiger partial charge on any atom is -0.294 e. The van der Waals surface area contributed by atoms with Gasteiger partial charge in [-0.1, -0.05) is 67.9 Å². The molecule has 118 valence electrons. The first-order valence-corrected chi connectivity index (χ1v) is 7.41. The first kappa shape index (κ1) is 16.7. The lowest BCUT2D eigenvalue weighted by Gasteiger charge is -2.17. The van der Waals surface area contributed by atoms with Gasteiger partial charge in [0.25, 0.3) is 5.91 Å². The Labute approximate surface area is 135 Å². The van der Waals surface area contributed by atoms with Gasteiger partial charge in [0.2, 0.25) is 0 Å². The summed E-state index contributed by atoms with van der Waals surface area (Å²) in [5, 5.41) is 2.43. The number of benzene rings is 2. The van der Waals surface area contributed by atoms with Gasteiger partial charge in [-0.05, 0) is 18.1 Å². The molecule has 1 amide bonds. The third-order valence-corrected chi connectivity index (χ3v) is 3.86. The molecule has 0 heterocycles. The molecule has 0 aromatic heterocycles. The molecule has 2 aromatic carbocycles. The zero-order valence-corrected chi connectivity index (χ0v) is 13.5. The maximum absolute atomic E-state index is 12.3. The predicted molar refractivity (Wildman–Crippen MR) is 90.1 cm³/mol. The zero-order chi connectivity index (χ0) is 17.0. The van der Waals surface area contributed by atoms with E-state index < -0.39 is 11.3 Å². The molecule has 0 aliphatic rings. The average Bonchev–Trinajstić information content (AvgIpc) is 2.54. The Morgan fingerprint density at radius 2 is 1.39 bits per heavy atom. The Balaban J connectivity index is 2.16. The average molecular weight is 309 g/mol. The van der Waals surface area contributed by atoms with Crippen molar-refractivity contribution in [3.8, 4) is 11.1 Å². The van der Waals surface area contributed by atoms with Crippen LogP contribution >= 0.6 is 0 Å². The Hall–Kier alpha value is -2.62. The molecule has 0 atom stereocenters. The summed E-state index contributed by atoms with van der Waals surface area (Å²) in [5.74, 6) is -0.982. The molecule has 0 bridgehead atoms. The van der Waals surface area contributed by atoms with Crippen LogP contribution < -0.4 is 0 Å². The first-order chi connectivity index (χ1) is 10.8. The van der Waals surface area contributed by atoms with E-state index in [1.807, 2.05) is 43.3 Å². The molecule has 0 radical (unpaired) electrons. The minimum absolute atomic E-state index is 0.0402. The van der Waals surface area contributed by atoms with Crippen LogP contribution in [0.2, 0.25) is 0 Å². The van der Waals surface area contributed by atoms with Gasteiger partial charge in [-0.2, -0.15) is 0 Å². The van der Waals surface area contributed by atoms with Crippen molar-refractivity contribution in [3.63, 3.8) is 0 Å². The number of carbonyl (C=O) groups excluding carboxylic acids is 2. The number of hydrogen-bond acceptors (Lipinski definition) is 3. The van der Waals surface area contributed by atoms with Gasteiger partial charge >= 0.3 is 0 Å². The lowest BCUT2D eigenvalue weighted by atomic mass is 9.84. The first-order valence-electron chi connectivity index (χ1n) is 7.41. The van der Waals surface area contributed by atoms with E-state index in [1.165, 1.54) is 5.56 Å². The molecule has 4 nitrogen and oxygen atoms in total. The topological polar surface area (TPSA) is 63.6 Å². The molecule has 0 aliphatic carbocycles. The summed E-state index contributed by atoms with van der Waals surface area (Å²) < 4.78 is 0. The largest absolute Gasteiger partial charge is 0.294 e. The van der Waals surface area contributed by atoms with Crippen LogP contribution in [0.4, 0.5) is 0 Å². The van der Waals surface area contributed by atoms with Gasteiger partial charge in [-0.3, -0.25) is 9.59 Å². The summed E-state index contributed by atoms with van der Waals surface area (Å²) in [4.78, 5) is 34.1. The third-order valence-electron chi connectivity index (χ3n) is 3.86. The number of Topliss-reactive ketones (excluding diaryl/α,β-unsaturated/α-hetero) is 1. The van der Waals surface area contributed by atoms with E-state index >= 15 is 0 Å². The van der Waals surface area contributed by atoms with Crippen molar-refractivity contribution in [1.82, 2.24) is 0 Å². The Bertz CT molecular complexity index is 728. The zero-order valence-electron chi connectivity index (χ0n) is 13.5. The molecule has 0 N–H and O–H groups in total. The van der Waals surface area contributed by atoms with Gasteiger partial charge in [0.15, 0.2) is 5.78 Å². The summed E-state index contributed by atoms with van der Waals surface area (Å²) in [6.45, 7) is 5.13. The highest BCUT2D eigenvalue weighted by molar-refractivity contribution is 6.00. The Morgan fingerprint density at radius 3 is 1.87 bits per heavy atom. The molecular formula is C19H19NO3. The van der Waals surface area contributed by atoms with Crippen molar-refractivity contribution in [2.45, 2.75) is 27.2 Å². The lowest BCUT2D eigenvalue weighted by Crippen LogP contribution is -2.25. The van der Waals surface area contributed by atoms with Crippen LogP contribution in [0.3, 0.4) is 0 Å². The molecule has 2 aromatic rings. The molecule has 23 heavy (non-hydrogen) atoms. The second-order valence-corrected chi connectivity index (χ2v) is 6.32. The molecule has 0 aliphatic heterocycles. The Morgan fingerprint density at radius 1 is 0.913 bits per heavy atom. The van der Waals surface area contributed by atoms with Gasteiger partial charge in [-0.15, -0.1) is 4.91 Å². The highest BCUT2D eigenvalue weighted by atomic mass is 16.3. The molecule has 0 saturated carbocycles. The number of nitrogens with zero attached hydrogens (tertiary/aromatic N) is 1. The van der Waals surface area contributed by atoms with Gasteiger partial charge in [-0.25, -0.2) is 0 Å². The van der Waals surface area contributed by atoms with Crippen LogP contribution in [0, 0.1) is 17.2 Å². The number of rotatable bonds is 5. The molecule has 2 rings (SSSR count). The molecule has 0 saturated heterocycles. The third kappa shape index (κ3) is 3.97. The van der Waals surface area contributed by atoms with Crippen molar-refractivity contribution >= 4 is 11.7 Å². The van der Waals surface area contributed by atoms with E-state index in [1.54, 1.807) is 26.0 Å². The monoisotopic (exact) mass is 309 g/mol. The van der Waals surface area contributed by atoms with E-state index in [2.05, 4.69) is 5.18 Å². The van der Waals surface area contributed by atoms with E-state index in [-0.39, 0.29) is 12.2 Å². The van der Waals surface area contributed by atoms with Crippen LogP contribution in [-0.2, 0) is 4.79 Å². The van der Waals surface area contributed by atoms with Crippen molar-refractivity contribution in [1.29, 1.82) is 0 Å². The van der Waals surface area contributed by atoms with Crippen molar-refractivity contribution in [2.24, 2.45) is 10.6 Å². The fourth-order valence-corrected chi connectivity index (χ4v) is 2.30. The molecule has 0 spiro atoms. The van der Waals surface area contributed by atoms with Crippen LogP contribution in [0.25, 0.3) is 11.1 Å². The fourth-order valence-electron chi connectivity index (χ4n) is 2.30. The van der Waals surface area contributed by atoms with Crippen molar-refractivity contribution in [3.05, 3.63) is 64.6 Å². The Kier molecular flexibility index (Phi) is 4.84. The van der Waals surface area contributed by atoms with E-state index in [0.29, 0.717) is 5.56 Å². The highest BCUT2D eigenvalue weighted by Gasteiger charge is 2.31. The fraction of sp³-hybridized carbons (Fsp3) is 0.263. The summed E-state index contributed by atoms with van der Waals surface area (Å²) in [5.41, 5.74) is 2.74. The van der Waals surface area contributed by atoms with Crippen LogP contribution in [0.5, 0.6) is 0 Å². The van der Waals surface area contributed by atoms with Gasteiger partial charge in [0.1, 0.15) is 0 Å². The summed E-state index contributed by atoms with van der Waals surface area (Å²) >= 11 is 0. The molecular weight excluding hydrogens is 290 g/mol. The molecule has 4 heteroatoms. The highest BCUT2D eigenvalue weighted by Crippen LogP contribution is 2.26. The normalized spacial score (nSPS) is 11.1. The van der Waals surface area contributed by atoms with Gasteiger partial charge in [0, 0.05) is 17.2 Å². The van der Waals surface area contributed by atoms with Gasteiger partial charge < -0.3 is 0 Å². The summed E-state index contributed by atoms with van der Waals surface area (Å²) in [6, 6.07) is 15.4.